The Hall–Kier alpha value is -2.40. The number of ether oxygens (including phenoxy) is 4. The Morgan fingerprint density at radius 1 is 0.923 bits per heavy atom. The van der Waals surface area contributed by atoms with Gasteiger partial charge in [-0.05, 0) is 66.3 Å². The van der Waals surface area contributed by atoms with Crippen molar-refractivity contribution >= 4 is 0 Å². The second kappa shape index (κ2) is 5.81. The van der Waals surface area contributed by atoms with Crippen LogP contribution in [0.1, 0.15) is 41.3 Å². The summed E-state index contributed by atoms with van der Waals surface area (Å²) in [4.78, 5) is 2.60. The van der Waals surface area contributed by atoms with Crippen LogP contribution in [0.5, 0.6) is 23.0 Å². The maximum atomic E-state index is 5.60. The SMILES string of the molecule is COc1cc2c(cc1OC)C1Cc3cc4c(cc3[C@H](C)N1CC2)OCO4. The number of benzene rings is 2. The van der Waals surface area contributed by atoms with Gasteiger partial charge in [-0.3, -0.25) is 4.90 Å². The average Bonchev–Trinajstić information content (AvgIpc) is 3.13. The zero-order valence-electron chi connectivity index (χ0n) is 15.4. The first kappa shape index (κ1) is 15.8. The summed E-state index contributed by atoms with van der Waals surface area (Å²) in [6.45, 7) is 3.65. The Morgan fingerprint density at radius 2 is 1.65 bits per heavy atom. The fourth-order valence-electron chi connectivity index (χ4n) is 4.69. The molecule has 1 unspecified atom stereocenters. The molecule has 3 heterocycles. The maximum absolute atomic E-state index is 5.60. The summed E-state index contributed by atoms with van der Waals surface area (Å²) >= 11 is 0. The monoisotopic (exact) mass is 353 g/mol. The Kier molecular flexibility index (Phi) is 3.54. The lowest BCUT2D eigenvalue weighted by molar-refractivity contribution is 0.117. The maximum Gasteiger partial charge on any atom is 0.231 e. The molecule has 26 heavy (non-hydrogen) atoms. The molecule has 0 N–H and O–H groups in total. The Balaban J connectivity index is 1.60. The van der Waals surface area contributed by atoms with Crippen molar-refractivity contribution in [3.8, 4) is 23.0 Å². The molecule has 0 fully saturated rings. The molecule has 0 saturated carbocycles. The van der Waals surface area contributed by atoms with Gasteiger partial charge in [-0.15, -0.1) is 0 Å². The number of hydrogen-bond acceptors (Lipinski definition) is 5. The van der Waals surface area contributed by atoms with Crippen molar-refractivity contribution in [2.24, 2.45) is 0 Å². The molecule has 5 rings (SSSR count). The number of methoxy groups -OCH3 is 2. The molecule has 3 aliphatic heterocycles. The summed E-state index contributed by atoms with van der Waals surface area (Å²) in [6.07, 6.45) is 2.00. The van der Waals surface area contributed by atoms with E-state index in [2.05, 4.69) is 36.1 Å². The average molecular weight is 353 g/mol. The molecule has 0 aromatic heterocycles. The van der Waals surface area contributed by atoms with Crippen molar-refractivity contribution in [3.05, 3.63) is 46.5 Å². The van der Waals surface area contributed by atoms with Crippen LogP contribution in [0.15, 0.2) is 24.3 Å². The van der Waals surface area contributed by atoms with Gasteiger partial charge >= 0.3 is 0 Å². The Morgan fingerprint density at radius 3 is 2.42 bits per heavy atom. The van der Waals surface area contributed by atoms with E-state index in [4.69, 9.17) is 18.9 Å². The summed E-state index contributed by atoms with van der Waals surface area (Å²) in [5.74, 6) is 3.36. The second-order valence-corrected chi connectivity index (χ2v) is 7.19. The zero-order chi connectivity index (χ0) is 17.8. The Labute approximate surface area is 153 Å². The van der Waals surface area contributed by atoms with Crippen molar-refractivity contribution in [2.75, 3.05) is 27.6 Å². The first-order valence-electron chi connectivity index (χ1n) is 9.12. The molecule has 5 nitrogen and oxygen atoms in total. The predicted octanol–water partition coefficient (Wildman–Crippen LogP) is 3.65. The van der Waals surface area contributed by atoms with Gasteiger partial charge < -0.3 is 18.9 Å². The normalized spacial score (nSPS) is 23.0. The van der Waals surface area contributed by atoms with E-state index in [1.807, 2.05) is 0 Å². The summed E-state index contributed by atoms with van der Waals surface area (Å²) in [7, 11) is 3.39. The number of hydrogen-bond donors (Lipinski definition) is 0. The van der Waals surface area contributed by atoms with Gasteiger partial charge in [-0.1, -0.05) is 0 Å². The van der Waals surface area contributed by atoms with Crippen LogP contribution < -0.4 is 18.9 Å². The van der Waals surface area contributed by atoms with Gasteiger partial charge in [0.05, 0.1) is 14.2 Å². The molecular formula is C21H23NO4. The van der Waals surface area contributed by atoms with Crippen LogP contribution in [0.4, 0.5) is 0 Å². The minimum Gasteiger partial charge on any atom is -0.493 e. The van der Waals surface area contributed by atoms with Crippen molar-refractivity contribution in [1.29, 1.82) is 0 Å². The number of nitrogens with zero attached hydrogens (tertiary/aromatic N) is 1. The molecule has 5 heteroatoms. The van der Waals surface area contributed by atoms with E-state index in [1.165, 1.54) is 22.3 Å². The molecule has 2 atom stereocenters. The molecule has 2 aromatic rings. The molecule has 0 amide bonds. The van der Waals surface area contributed by atoms with Gasteiger partial charge in [-0.2, -0.15) is 0 Å². The first-order chi connectivity index (χ1) is 12.7. The predicted molar refractivity (Wildman–Crippen MR) is 97.4 cm³/mol. The molecule has 3 aliphatic rings. The summed E-state index contributed by atoms with van der Waals surface area (Å²) in [6, 6.07) is 9.34. The summed E-state index contributed by atoms with van der Waals surface area (Å²) in [5, 5.41) is 0. The lowest BCUT2D eigenvalue weighted by Gasteiger charge is -2.45. The van der Waals surface area contributed by atoms with Gasteiger partial charge in [0.25, 0.3) is 0 Å². The van der Waals surface area contributed by atoms with Crippen LogP contribution >= 0.6 is 0 Å². The zero-order valence-corrected chi connectivity index (χ0v) is 15.4. The van der Waals surface area contributed by atoms with Crippen LogP contribution in [0.2, 0.25) is 0 Å². The lowest BCUT2D eigenvalue weighted by Crippen LogP contribution is -2.41. The number of rotatable bonds is 2. The fourth-order valence-corrected chi connectivity index (χ4v) is 4.69. The summed E-state index contributed by atoms with van der Waals surface area (Å²) in [5.41, 5.74) is 5.42. The highest BCUT2D eigenvalue weighted by atomic mass is 16.7. The molecule has 0 radical (unpaired) electrons. The second-order valence-electron chi connectivity index (χ2n) is 7.19. The van der Waals surface area contributed by atoms with Crippen molar-refractivity contribution < 1.29 is 18.9 Å². The highest BCUT2D eigenvalue weighted by Crippen LogP contribution is 2.48. The third kappa shape index (κ3) is 2.20. The molecule has 0 aliphatic carbocycles. The Bertz CT molecular complexity index is 879. The minimum atomic E-state index is 0.319. The van der Waals surface area contributed by atoms with Gasteiger partial charge in [0, 0.05) is 18.6 Å². The molecule has 0 saturated heterocycles. The molecule has 136 valence electrons. The topological polar surface area (TPSA) is 40.2 Å². The molecular weight excluding hydrogens is 330 g/mol. The quantitative estimate of drug-likeness (QED) is 0.824. The van der Waals surface area contributed by atoms with E-state index in [-0.39, 0.29) is 0 Å². The van der Waals surface area contributed by atoms with Gasteiger partial charge in [0.1, 0.15) is 0 Å². The highest BCUT2D eigenvalue weighted by molar-refractivity contribution is 5.54. The smallest absolute Gasteiger partial charge is 0.231 e. The van der Waals surface area contributed by atoms with E-state index in [1.54, 1.807) is 14.2 Å². The molecule has 0 spiro atoms. The third-order valence-electron chi connectivity index (χ3n) is 6.04. The number of fused-ring (bicyclic) bond motifs is 5. The van der Waals surface area contributed by atoms with Crippen LogP contribution in [0.25, 0.3) is 0 Å². The molecule has 0 bridgehead atoms. The van der Waals surface area contributed by atoms with Crippen LogP contribution in [0, 0.1) is 0 Å². The van der Waals surface area contributed by atoms with Gasteiger partial charge in [0.2, 0.25) is 6.79 Å². The first-order valence-corrected chi connectivity index (χ1v) is 9.12. The van der Waals surface area contributed by atoms with Gasteiger partial charge in [-0.25, -0.2) is 0 Å². The standard InChI is InChI=1S/C21H23NO4/c1-12-15-9-21-20(25-11-26-21)8-14(15)6-17-16-10-19(24-3)18(23-2)7-13(16)4-5-22(12)17/h7-10,12,17H,4-6,11H2,1-3H3/t12-,17?/m0/s1. The van der Waals surface area contributed by atoms with Crippen molar-refractivity contribution in [3.63, 3.8) is 0 Å². The van der Waals surface area contributed by atoms with Crippen LogP contribution in [0.3, 0.4) is 0 Å². The van der Waals surface area contributed by atoms with Crippen molar-refractivity contribution in [2.45, 2.75) is 31.8 Å². The largest absolute Gasteiger partial charge is 0.493 e. The van der Waals surface area contributed by atoms with E-state index in [0.717, 1.165) is 42.4 Å². The third-order valence-corrected chi connectivity index (χ3v) is 6.04. The van der Waals surface area contributed by atoms with E-state index in [0.29, 0.717) is 18.9 Å². The van der Waals surface area contributed by atoms with Crippen molar-refractivity contribution in [1.82, 2.24) is 4.90 Å². The summed E-state index contributed by atoms with van der Waals surface area (Å²) < 4.78 is 22.2. The van der Waals surface area contributed by atoms with Crippen LogP contribution in [-0.2, 0) is 12.8 Å². The van der Waals surface area contributed by atoms with E-state index >= 15 is 0 Å². The van der Waals surface area contributed by atoms with E-state index in [9.17, 15) is 0 Å². The highest BCUT2D eigenvalue weighted by Gasteiger charge is 2.38. The van der Waals surface area contributed by atoms with Crippen LogP contribution in [-0.4, -0.2) is 32.5 Å². The lowest BCUT2D eigenvalue weighted by atomic mass is 9.81. The fraction of sp³-hybridized carbons (Fsp3) is 0.429. The van der Waals surface area contributed by atoms with E-state index < -0.39 is 0 Å². The molecule has 2 aromatic carbocycles. The van der Waals surface area contributed by atoms with Gasteiger partial charge in [0.15, 0.2) is 23.0 Å². The minimum absolute atomic E-state index is 0.319.